The van der Waals surface area contributed by atoms with Gasteiger partial charge in [-0.25, -0.2) is 9.18 Å². The third-order valence-corrected chi connectivity index (χ3v) is 4.82. The van der Waals surface area contributed by atoms with Crippen molar-refractivity contribution >= 4 is 17.9 Å². The van der Waals surface area contributed by atoms with Gasteiger partial charge >= 0.3 is 6.09 Å². The normalized spacial score (nSPS) is 16.3. The van der Waals surface area contributed by atoms with Gasteiger partial charge in [-0.15, -0.1) is 0 Å². The highest BCUT2D eigenvalue weighted by Gasteiger charge is 2.42. The molecule has 3 amide bonds. The van der Waals surface area contributed by atoms with Crippen molar-refractivity contribution < 1.29 is 28.2 Å². The van der Waals surface area contributed by atoms with Crippen LogP contribution in [0.4, 0.5) is 9.18 Å². The van der Waals surface area contributed by atoms with Crippen molar-refractivity contribution in [2.24, 2.45) is 5.41 Å². The van der Waals surface area contributed by atoms with Crippen molar-refractivity contribution in [2.45, 2.75) is 65.1 Å². The number of nitrogens with one attached hydrogen (secondary N) is 3. The number of carbonyl (C=O) groups excluding carboxylic acids is 3. The fraction of sp³-hybridized carbons (Fsp3) is 0.571. The Morgan fingerprint density at radius 3 is 2.37 bits per heavy atom. The van der Waals surface area contributed by atoms with E-state index < -0.39 is 40.8 Å². The van der Waals surface area contributed by atoms with E-state index in [1.165, 1.54) is 25.1 Å². The lowest BCUT2D eigenvalue weighted by molar-refractivity contribution is -0.137. The molecule has 166 valence electrons. The molecular formula is C21H30FN3O5. The second kappa shape index (κ2) is 9.77. The molecule has 0 spiro atoms. The average Bonchev–Trinajstić information content (AvgIpc) is 3.15. The Morgan fingerprint density at radius 1 is 1.13 bits per heavy atom. The van der Waals surface area contributed by atoms with E-state index in [1.54, 1.807) is 26.8 Å². The molecule has 1 atom stereocenters. The number of hydrogen-bond acceptors (Lipinski definition) is 5. The molecule has 2 rings (SSSR count). The van der Waals surface area contributed by atoms with E-state index in [4.69, 9.17) is 9.47 Å². The smallest absolute Gasteiger partial charge is 0.407 e. The quantitative estimate of drug-likeness (QED) is 0.610. The molecule has 1 aliphatic rings. The molecule has 9 heteroatoms. The SMILES string of the molecule is C[C@@H](Oc1ccccc1F)C(=O)NNC(=O)C1(CNC(=O)OC(C)(C)C)CCCC1. The molecule has 1 aliphatic carbocycles. The zero-order chi connectivity index (χ0) is 22.4. The van der Waals surface area contributed by atoms with Gasteiger partial charge in [-0.2, -0.15) is 0 Å². The minimum atomic E-state index is -1.03. The van der Waals surface area contributed by atoms with Crippen LogP contribution in [0.25, 0.3) is 0 Å². The van der Waals surface area contributed by atoms with Crippen molar-refractivity contribution in [3.8, 4) is 5.75 Å². The summed E-state index contributed by atoms with van der Waals surface area (Å²) < 4.78 is 24.2. The van der Waals surface area contributed by atoms with Crippen LogP contribution >= 0.6 is 0 Å². The molecule has 1 aromatic rings. The largest absolute Gasteiger partial charge is 0.478 e. The summed E-state index contributed by atoms with van der Waals surface area (Å²) in [5.74, 6) is -1.66. The van der Waals surface area contributed by atoms with Gasteiger partial charge in [0, 0.05) is 6.54 Å². The fourth-order valence-corrected chi connectivity index (χ4v) is 3.23. The first kappa shape index (κ1) is 23.4. The van der Waals surface area contributed by atoms with Crippen LogP contribution in [0.1, 0.15) is 53.4 Å². The first-order valence-electron chi connectivity index (χ1n) is 10.0. The summed E-state index contributed by atoms with van der Waals surface area (Å²) in [7, 11) is 0. The Hall–Kier alpha value is -2.84. The van der Waals surface area contributed by atoms with Gasteiger partial charge < -0.3 is 14.8 Å². The number of benzene rings is 1. The maximum absolute atomic E-state index is 13.7. The van der Waals surface area contributed by atoms with Crippen molar-refractivity contribution in [2.75, 3.05) is 6.54 Å². The number of ether oxygens (including phenoxy) is 2. The van der Waals surface area contributed by atoms with E-state index in [0.29, 0.717) is 12.8 Å². The second-order valence-corrected chi connectivity index (χ2v) is 8.48. The summed E-state index contributed by atoms with van der Waals surface area (Å²) in [5, 5.41) is 2.65. The summed E-state index contributed by atoms with van der Waals surface area (Å²) in [4.78, 5) is 37.0. The van der Waals surface area contributed by atoms with Crippen LogP contribution in [0, 0.1) is 11.2 Å². The summed E-state index contributed by atoms with van der Waals surface area (Å²) in [6.07, 6.45) is 1.20. The van der Waals surface area contributed by atoms with Crippen molar-refractivity contribution in [1.29, 1.82) is 0 Å². The molecule has 1 fully saturated rings. The van der Waals surface area contributed by atoms with E-state index >= 15 is 0 Å². The minimum absolute atomic E-state index is 0.0553. The van der Waals surface area contributed by atoms with Crippen LogP contribution in [0.2, 0.25) is 0 Å². The predicted molar refractivity (Wildman–Crippen MR) is 108 cm³/mol. The number of hydrazine groups is 1. The molecule has 0 radical (unpaired) electrons. The monoisotopic (exact) mass is 423 g/mol. The molecule has 0 aliphatic heterocycles. The van der Waals surface area contributed by atoms with Crippen LogP contribution in [-0.4, -0.2) is 36.2 Å². The van der Waals surface area contributed by atoms with Gasteiger partial charge in [-0.1, -0.05) is 25.0 Å². The maximum Gasteiger partial charge on any atom is 0.407 e. The molecule has 30 heavy (non-hydrogen) atoms. The molecule has 0 aromatic heterocycles. The van der Waals surface area contributed by atoms with Crippen molar-refractivity contribution in [3.05, 3.63) is 30.1 Å². The summed E-state index contributed by atoms with van der Waals surface area (Å²) in [5.41, 5.74) is 3.26. The molecule has 0 bridgehead atoms. The highest BCUT2D eigenvalue weighted by atomic mass is 19.1. The minimum Gasteiger partial charge on any atom is -0.478 e. The topological polar surface area (TPSA) is 106 Å². The van der Waals surface area contributed by atoms with Gasteiger partial charge in [-0.05, 0) is 52.7 Å². The average molecular weight is 423 g/mol. The summed E-state index contributed by atoms with van der Waals surface area (Å²) in [6.45, 7) is 6.81. The standard InChI is InChI=1S/C21H30FN3O5/c1-14(29-16-10-6-5-9-15(16)22)17(26)24-25-18(27)21(11-7-8-12-21)13-23-19(28)30-20(2,3)4/h5-6,9-10,14H,7-8,11-13H2,1-4H3,(H,23,28)(H,24,26)(H,25,27)/t14-/m1/s1. The first-order chi connectivity index (χ1) is 14.0. The van der Waals surface area contributed by atoms with Crippen molar-refractivity contribution in [1.82, 2.24) is 16.2 Å². The van der Waals surface area contributed by atoms with Gasteiger partial charge in [0.25, 0.3) is 5.91 Å². The molecular weight excluding hydrogens is 393 g/mol. The molecule has 0 unspecified atom stereocenters. The van der Waals surface area contributed by atoms with E-state index in [2.05, 4.69) is 16.2 Å². The number of carbonyl (C=O) groups is 3. The third-order valence-electron chi connectivity index (χ3n) is 4.82. The molecule has 1 aromatic carbocycles. The maximum atomic E-state index is 13.7. The Bertz CT molecular complexity index is 772. The number of rotatable bonds is 6. The second-order valence-electron chi connectivity index (χ2n) is 8.48. The van der Waals surface area contributed by atoms with Gasteiger partial charge in [0.2, 0.25) is 5.91 Å². The number of para-hydroxylation sites is 1. The van der Waals surface area contributed by atoms with E-state index in [1.807, 2.05) is 0 Å². The van der Waals surface area contributed by atoms with E-state index in [-0.39, 0.29) is 12.3 Å². The predicted octanol–water partition coefficient (Wildman–Crippen LogP) is 2.83. The molecule has 1 saturated carbocycles. The zero-order valence-electron chi connectivity index (χ0n) is 17.8. The van der Waals surface area contributed by atoms with Gasteiger partial charge in [-0.3, -0.25) is 20.4 Å². The van der Waals surface area contributed by atoms with Crippen LogP contribution in [0.5, 0.6) is 5.75 Å². The van der Waals surface area contributed by atoms with Crippen LogP contribution in [0.15, 0.2) is 24.3 Å². The van der Waals surface area contributed by atoms with E-state index in [9.17, 15) is 18.8 Å². The first-order valence-corrected chi connectivity index (χ1v) is 10.0. The zero-order valence-corrected chi connectivity index (χ0v) is 17.8. The number of halogens is 1. The Morgan fingerprint density at radius 2 is 1.77 bits per heavy atom. The highest BCUT2D eigenvalue weighted by molar-refractivity contribution is 5.88. The van der Waals surface area contributed by atoms with Gasteiger partial charge in [0.1, 0.15) is 5.60 Å². The van der Waals surface area contributed by atoms with Crippen LogP contribution in [-0.2, 0) is 14.3 Å². The Kier molecular flexibility index (Phi) is 7.64. The summed E-state index contributed by atoms with van der Waals surface area (Å²) in [6, 6.07) is 5.74. The molecule has 0 saturated heterocycles. The van der Waals surface area contributed by atoms with Crippen molar-refractivity contribution in [3.63, 3.8) is 0 Å². The Labute approximate surface area is 175 Å². The lowest BCUT2D eigenvalue weighted by atomic mass is 9.85. The van der Waals surface area contributed by atoms with Gasteiger partial charge in [0.15, 0.2) is 17.7 Å². The third kappa shape index (κ3) is 6.60. The lowest BCUT2D eigenvalue weighted by Crippen LogP contribution is -2.54. The highest BCUT2D eigenvalue weighted by Crippen LogP contribution is 2.37. The number of amides is 3. The molecule has 0 heterocycles. The molecule has 8 nitrogen and oxygen atoms in total. The number of hydrogen-bond donors (Lipinski definition) is 3. The summed E-state index contributed by atoms with van der Waals surface area (Å²) >= 11 is 0. The van der Waals surface area contributed by atoms with Gasteiger partial charge in [0.05, 0.1) is 5.41 Å². The Balaban J connectivity index is 1.89. The lowest BCUT2D eigenvalue weighted by Gasteiger charge is -2.29. The molecule has 3 N–H and O–H groups in total. The van der Waals surface area contributed by atoms with Crippen LogP contribution in [0.3, 0.4) is 0 Å². The van der Waals surface area contributed by atoms with E-state index in [0.717, 1.165) is 12.8 Å². The number of alkyl carbamates (subject to hydrolysis) is 1. The fourth-order valence-electron chi connectivity index (χ4n) is 3.23. The van der Waals surface area contributed by atoms with Crippen LogP contribution < -0.4 is 20.9 Å².